The molecular weight excluding hydrogens is 284 g/mol. The van der Waals surface area contributed by atoms with E-state index in [4.69, 9.17) is 0 Å². The van der Waals surface area contributed by atoms with Gasteiger partial charge in [0.25, 0.3) is 0 Å². The highest BCUT2D eigenvalue weighted by molar-refractivity contribution is 8.00. The Balaban J connectivity index is 1.98. The van der Waals surface area contributed by atoms with Crippen LogP contribution in [0.1, 0.15) is 0 Å². The minimum atomic E-state index is -0.828. The Morgan fingerprint density at radius 2 is 1.75 bits per heavy atom. The summed E-state index contributed by atoms with van der Waals surface area (Å²) in [4.78, 5) is 12.2. The van der Waals surface area contributed by atoms with Crippen molar-refractivity contribution in [3.63, 3.8) is 0 Å². The zero-order valence-corrected chi connectivity index (χ0v) is 11.1. The topological polar surface area (TPSA) is 49.3 Å². The molecule has 2 aromatic rings. The van der Waals surface area contributed by atoms with Gasteiger partial charge in [-0.2, -0.15) is 0 Å². The second-order valence-electron chi connectivity index (χ2n) is 3.90. The van der Waals surface area contributed by atoms with Crippen molar-refractivity contribution in [2.75, 3.05) is 11.1 Å². The highest BCUT2D eigenvalue weighted by Crippen LogP contribution is 2.27. The lowest BCUT2D eigenvalue weighted by atomic mass is 10.3. The second-order valence-corrected chi connectivity index (χ2v) is 4.92. The molecule has 0 bridgehead atoms. The molecule has 0 aliphatic rings. The number of anilines is 1. The average molecular weight is 295 g/mol. The first-order chi connectivity index (χ1) is 9.58. The SMILES string of the molecule is O=C(CSc1ccccc1O)Nc1c(F)cccc1F. The highest BCUT2D eigenvalue weighted by Gasteiger charge is 2.12. The Morgan fingerprint density at radius 1 is 1.10 bits per heavy atom. The first kappa shape index (κ1) is 14.3. The lowest BCUT2D eigenvalue weighted by Crippen LogP contribution is -2.16. The van der Waals surface area contributed by atoms with E-state index in [1.807, 2.05) is 0 Å². The lowest BCUT2D eigenvalue weighted by Gasteiger charge is -2.07. The highest BCUT2D eigenvalue weighted by atomic mass is 32.2. The number of phenols is 1. The molecule has 0 saturated heterocycles. The lowest BCUT2D eigenvalue weighted by molar-refractivity contribution is -0.113. The first-order valence-corrected chi connectivity index (χ1v) is 6.71. The fourth-order valence-corrected chi connectivity index (χ4v) is 2.26. The molecule has 2 N–H and O–H groups in total. The molecule has 20 heavy (non-hydrogen) atoms. The van der Waals surface area contributed by atoms with Crippen LogP contribution in [-0.4, -0.2) is 16.8 Å². The van der Waals surface area contributed by atoms with Gasteiger partial charge in [-0.3, -0.25) is 4.79 Å². The van der Waals surface area contributed by atoms with Gasteiger partial charge in [0.05, 0.1) is 5.75 Å². The predicted octanol–water partition coefficient (Wildman–Crippen LogP) is 3.40. The Morgan fingerprint density at radius 3 is 2.40 bits per heavy atom. The van der Waals surface area contributed by atoms with Gasteiger partial charge < -0.3 is 10.4 Å². The number of phenolic OH excluding ortho intramolecular Hbond substituents is 1. The standard InChI is InChI=1S/C14H11F2NO2S/c15-9-4-3-5-10(16)14(9)17-13(19)8-20-12-7-2-1-6-11(12)18/h1-7,18H,8H2,(H,17,19). The quantitative estimate of drug-likeness (QED) is 0.850. The number of carbonyl (C=O) groups excluding carboxylic acids is 1. The first-order valence-electron chi connectivity index (χ1n) is 5.72. The summed E-state index contributed by atoms with van der Waals surface area (Å²) in [6.45, 7) is 0. The largest absolute Gasteiger partial charge is 0.507 e. The summed E-state index contributed by atoms with van der Waals surface area (Å²) >= 11 is 1.08. The maximum absolute atomic E-state index is 13.3. The van der Waals surface area contributed by atoms with Gasteiger partial charge in [-0.25, -0.2) is 8.78 Å². The molecule has 104 valence electrons. The van der Waals surface area contributed by atoms with E-state index in [9.17, 15) is 18.7 Å². The third kappa shape index (κ3) is 3.48. The van der Waals surface area contributed by atoms with Crippen LogP contribution in [0.2, 0.25) is 0 Å². The van der Waals surface area contributed by atoms with Gasteiger partial charge in [-0.05, 0) is 24.3 Å². The molecule has 0 heterocycles. The molecule has 0 unspecified atom stereocenters. The van der Waals surface area contributed by atoms with Crippen LogP contribution in [0.5, 0.6) is 5.75 Å². The molecule has 0 aliphatic carbocycles. The normalized spacial score (nSPS) is 10.3. The van der Waals surface area contributed by atoms with E-state index in [1.54, 1.807) is 18.2 Å². The van der Waals surface area contributed by atoms with Crippen molar-refractivity contribution in [1.29, 1.82) is 0 Å². The predicted molar refractivity (Wildman–Crippen MR) is 73.8 cm³/mol. The van der Waals surface area contributed by atoms with Crippen LogP contribution in [0.15, 0.2) is 47.4 Å². The Hall–Kier alpha value is -2.08. The second kappa shape index (κ2) is 6.38. The number of hydrogen-bond acceptors (Lipinski definition) is 3. The van der Waals surface area contributed by atoms with E-state index < -0.39 is 23.2 Å². The van der Waals surface area contributed by atoms with Crippen LogP contribution in [0.4, 0.5) is 14.5 Å². The third-order valence-corrected chi connectivity index (χ3v) is 3.51. The van der Waals surface area contributed by atoms with Crippen LogP contribution in [-0.2, 0) is 4.79 Å². The summed E-state index contributed by atoms with van der Waals surface area (Å²) in [5, 5.41) is 11.7. The van der Waals surface area contributed by atoms with Crippen molar-refractivity contribution in [2.24, 2.45) is 0 Å². The number of halogens is 2. The van der Waals surface area contributed by atoms with Crippen LogP contribution in [0.25, 0.3) is 0 Å². The minimum absolute atomic E-state index is 0.0578. The van der Waals surface area contributed by atoms with Crippen molar-refractivity contribution < 1.29 is 18.7 Å². The van der Waals surface area contributed by atoms with Crippen LogP contribution >= 0.6 is 11.8 Å². The van der Waals surface area contributed by atoms with E-state index in [2.05, 4.69) is 5.32 Å². The number of nitrogens with one attached hydrogen (secondary N) is 1. The van der Waals surface area contributed by atoms with Gasteiger partial charge in [0, 0.05) is 4.90 Å². The summed E-state index contributed by atoms with van der Waals surface area (Å²) in [6.07, 6.45) is 0. The van der Waals surface area contributed by atoms with E-state index >= 15 is 0 Å². The average Bonchev–Trinajstić information content (AvgIpc) is 2.42. The summed E-state index contributed by atoms with van der Waals surface area (Å²) < 4.78 is 26.7. The Kier molecular flexibility index (Phi) is 4.57. The van der Waals surface area contributed by atoms with Crippen LogP contribution < -0.4 is 5.32 Å². The van der Waals surface area contributed by atoms with Crippen LogP contribution in [0, 0.1) is 11.6 Å². The zero-order valence-electron chi connectivity index (χ0n) is 10.3. The van der Waals surface area contributed by atoms with E-state index in [1.165, 1.54) is 12.1 Å². The van der Waals surface area contributed by atoms with E-state index in [0.717, 1.165) is 23.9 Å². The summed E-state index contributed by atoms with van der Waals surface area (Å²) in [5.41, 5.74) is -0.463. The summed E-state index contributed by atoms with van der Waals surface area (Å²) in [7, 11) is 0. The van der Waals surface area contributed by atoms with Crippen LogP contribution in [0.3, 0.4) is 0 Å². The molecule has 0 aliphatic heterocycles. The van der Waals surface area contributed by atoms with Crippen molar-refractivity contribution in [3.05, 3.63) is 54.1 Å². The van der Waals surface area contributed by atoms with Gasteiger partial charge in [0.2, 0.25) is 5.91 Å². The minimum Gasteiger partial charge on any atom is -0.507 e. The van der Waals surface area contributed by atoms with Gasteiger partial charge in [-0.15, -0.1) is 11.8 Å². The number of rotatable bonds is 4. The monoisotopic (exact) mass is 295 g/mol. The fraction of sp³-hybridized carbons (Fsp3) is 0.0714. The summed E-state index contributed by atoms with van der Waals surface area (Å²) in [5.74, 6) is -2.22. The maximum Gasteiger partial charge on any atom is 0.234 e. The third-order valence-electron chi connectivity index (χ3n) is 2.45. The summed E-state index contributed by atoms with van der Waals surface area (Å²) in [6, 6.07) is 9.87. The molecule has 6 heteroatoms. The molecule has 0 aromatic heterocycles. The van der Waals surface area contributed by atoms with Gasteiger partial charge in [0.15, 0.2) is 0 Å². The number of hydrogen-bond donors (Lipinski definition) is 2. The molecule has 0 fully saturated rings. The molecule has 3 nitrogen and oxygen atoms in total. The zero-order chi connectivity index (χ0) is 14.5. The molecule has 0 spiro atoms. The Labute approximate surface area is 118 Å². The van der Waals surface area contributed by atoms with Gasteiger partial charge >= 0.3 is 0 Å². The molecule has 1 amide bonds. The van der Waals surface area contributed by atoms with Crippen molar-refractivity contribution in [2.45, 2.75) is 4.90 Å². The molecule has 0 radical (unpaired) electrons. The maximum atomic E-state index is 13.3. The number of amides is 1. The smallest absolute Gasteiger partial charge is 0.234 e. The van der Waals surface area contributed by atoms with Crippen molar-refractivity contribution in [3.8, 4) is 5.75 Å². The van der Waals surface area contributed by atoms with Gasteiger partial charge in [-0.1, -0.05) is 18.2 Å². The molecule has 0 saturated carbocycles. The number of para-hydroxylation sites is 2. The Bertz CT molecular complexity index is 614. The number of carbonyl (C=O) groups is 1. The van der Waals surface area contributed by atoms with E-state index in [0.29, 0.717) is 4.90 Å². The molecule has 2 rings (SSSR count). The van der Waals surface area contributed by atoms with Gasteiger partial charge in [0.1, 0.15) is 23.1 Å². The number of aromatic hydroxyl groups is 1. The number of benzene rings is 2. The fourth-order valence-electron chi connectivity index (χ4n) is 1.52. The van der Waals surface area contributed by atoms with E-state index in [-0.39, 0.29) is 11.5 Å². The van der Waals surface area contributed by atoms with Crippen molar-refractivity contribution in [1.82, 2.24) is 0 Å². The van der Waals surface area contributed by atoms with Crippen molar-refractivity contribution >= 4 is 23.4 Å². The molecule has 2 aromatic carbocycles. The number of thioether (sulfide) groups is 1. The molecule has 0 atom stereocenters. The molecular formula is C14H11F2NO2S.